The first-order valence-electron chi connectivity index (χ1n) is 10.4. The van der Waals surface area contributed by atoms with Crippen LogP contribution in [0.1, 0.15) is 46.7 Å². The first-order chi connectivity index (χ1) is 15.2. The average molecular weight is 438 g/mol. The topological polar surface area (TPSA) is 52.7 Å². The molecule has 2 aromatic heterocycles. The largest absolute Gasteiger partial charge is 0.416 e. The molecule has 0 bridgehead atoms. The van der Waals surface area contributed by atoms with Gasteiger partial charge in [-0.2, -0.15) is 23.4 Å². The molecule has 5 rings (SSSR count). The summed E-state index contributed by atoms with van der Waals surface area (Å²) < 4.78 is 41.6. The second-order valence-electron chi connectivity index (χ2n) is 8.40. The van der Waals surface area contributed by atoms with Gasteiger partial charge in [0.2, 0.25) is 0 Å². The molecule has 8 heteroatoms. The monoisotopic (exact) mass is 438 g/mol. The zero-order valence-electron chi connectivity index (χ0n) is 17.6. The van der Waals surface area contributed by atoms with Crippen molar-refractivity contribution in [1.82, 2.24) is 19.6 Å². The summed E-state index contributed by atoms with van der Waals surface area (Å²) in [5.41, 5.74) is 3.82. The maximum Gasteiger partial charge on any atom is 0.416 e. The molecule has 0 unspecified atom stereocenters. The SMILES string of the molecule is Cc1ccc(-n2ncc3c(C4CC4)nn(Cc4ccc(C(F)(F)F)cc4)c(=O)c32)cc1C. The highest BCUT2D eigenvalue weighted by molar-refractivity contribution is 5.82. The Balaban J connectivity index is 1.63. The minimum Gasteiger partial charge on any atom is -0.265 e. The predicted molar refractivity (Wildman–Crippen MR) is 115 cm³/mol. The summed E-state index contributed by atoms with van der Waals surface area (Å²) in [4.78, 5) is 13.4. The molecular weight excluding hydrogens is 417 g/mol. The lowest BCUT2D eigenvalue weighted by Crippen LogP contribution is -2.26. The second-order valence-corrected chi connectivity index (χ2v) is 8.40. The fraction of sp³-hybridized carbons (Fsp3) is 0.292. The van der Waals surface area contributed by atoms with Crippen molar-refractivity contribution in [3.8, 4) is 5.69 Å². The zero-order chi connectivity index (χ0) is 22.6. The van der Waals surface area contributed by atoms with Gasteiger partial charge in [-0.1, -0.05) is 18.2 Å². The van der Waals surface area contributed by atoms with Gasteiger partial charge in [-0.25, -0.2) is 9.36 Å². The molecule has 1 saturated carbocycles. The van der Waals surface area contributed by atoms with E-state index in [1.54, 1.807) is 10.9 Å². The lowest BCUT2D eigenvalue weighted by molar-refractivity contribution is -0.137. The summed E-state index contributed by atoms with van der Waals surface area (Å²) in [7, 11) is 0. The summed E-state index contributed by atoms with van der Waals surface area (Å²) in [6.07, 6.45) is -0.718. The maximum atomic E-state index is 13.4. The number of halogens is 3. The molecule has 32 heavy (non-hydrogen) atoms. The van der Waals surface area contributed by atoms with E-state index in [1.807, 2.05) is 32.0 Å². The Morgan fingerprint density at radius 1 is 1.03 bits per heavy atom. The molecule has 0 radical (unpaired) electrons. The number of benzene rings is 2. The number of hydrogen-bond donors (Lipinski definition) is 0. The van der Waals surface area contributed by atoms with E-state index in [4.69, 9.17) is 0 Å². The predicted octanol–water partition coefficient (Wildman–Crippen LogP) is 5.14. The number of rotatable bonds is 4. The van der Waals surface area contributed by atoms with Gasteiger partial charge < -0.3 is 0 Å². The number of fused-ring (bicyclic) bond motifs is 1. The molecule has 0 atom stereocenters. The van der Waals surface area contributed by atoms with E-state index in [9.17, 15) is 18.0 Å². The van der Waals surface area contributed by atoms with Crippen LogP contribution >= 0.6 is 0 Å². The molecule has 0 spiro atoms. The van der Waals surface area contributed by atoms with Crippen molar-refractivity contribution >= 4 is 10.9 Å². The molecule has 5 nitrogen and oxygen atoms in total. The van der Waals surface area contributed by atoms with Crippen LogP contribution in [0.4, 0.5) is 13.2 Å². The lowest BCUT2D eigenvalue weighted by Gasteiger charge is -2.12. The van der Waals surface area contributed by atoms with Gasteiger partial charge in [-0.3, -0.25) is 4.79 Å². The highest BCUT2D eigenvalue weighted by Gasteiger charge is 2.31. The number of hydrogen-bond acceptors (Lipinski definition) is 3. The standard InChI is InChI=1S/C24H21F3N4O/c1-14-3-10-19(11-15(14)2)31-22-20(12-28-31)21(17-6-7-17)29-30(23(22)32)13-16-4-8-18(9-5-16)24(25,26)27/h3-5,8-12,17H,6-7,13H2,1-2H3. The van der Waals surface area contributed by atoms with E-state index >= 15 is 0 Å². The van der Waals surface area contributed by atoms with Gasteiger partial charge in [0, 0.05) is 11.3 Å². The Labute approximate surface area is 182 Å². The van der Waals surface area contributed by atoms with Crippen LogP contribution in [-0.4, -0.2) is 19.6 Å². The fourth-order valence-corrected chi connectivity index (χ4v) is 3.88. The third-order valence-electron chi connectivity index (χ3n) is 6.02. The van der Waals surface area contributed by atoms with E-state index in [1.165, 1.54) is 16.8 Å². The molecule has 4 aromatic rings. The van der Waals surface area contributed by atoms with Gasteiger partial charge in [0.25, 0.3) is 5.56 Å². The summed E-state index contributed by atoms with van der Waals surface area (Å²) in [6.45, 7) is 4.11. The van der Waals surface area contributed by atoms with Crippen molar-refractivity contribution in [2.45, 2.75) is 45.3 Å². The highest BCUT2D eigenvalue weighted by atomic mass is 19.4. The molecule has 0 aliphatic heterocycles. The van der Waals surface area contributed by atoms with E-state index < -0.39 is 11.7 Å². The molecule has 0 N–H and O–H groups in total. The van der Waals surface area contributed by atoms with Crippen LogP contribution < -0.4 is 5.56 Å². The molecule has 1 aliphatic carbocycles. The quantitative estimate of drug-likeness (QED) is 0.443. The number of alkyl halides is 3. The van der Waals surface area contributed by atoms with Crippen LogP contribution in [-0.2, 0) is 12.7 Å². The van der Waals surface area contributed by atoms with Crippen LogP contribution in [0.15, 0.2) is 53.5 Å². The maximum absolute atomic E-state index is 13.4. The summed E-state index contributed by atoms with van der Waals surface area (Å²) in [6, 6.07) is 10.7. The molecule has 1 aliphatic rings. The molecule has 2 heterocycles. The first-order valence-corrected chi connectivity index (χ1v) is 10.4. The van der Waals surface area contributed by atoms with Crippen LogP contribution in [0.5, 0.6) is 0 Å². The van der Waals surface area contributed by atoms with Gasteiger partial charge in [0.1, 0.15) is 5.52 Å². The van der Waals surface area contributed by atoms with Crippen LogP contribution in [0.2, 0.25) is 0 Å². The van der Waals surface area contributed by atoms with Gasteiger partial charge in [-0.05, 0) is 67.6 Å². The van der Waals surface area contributed by atoms with Gasteiger partial charge in [-0.15, -0.1) is 0 Å². The zero-order valence-corrected chi connectivity index (χ0v) is 17.6. The second kappa shape index (κ2) is 7.32. The normalized spacial score (nSPS) is 14.3. The molecule has 164 valence electrons. The van der Waals surface area contributed by atoms with Crippen molar-refractivity contribution in [3.63, 3.8) is 0 Å². The summed E-state index contributed by atoms with van der Waals surface area (Å²) in [5.74, 6) is 0.273. The summed E-state index contributed by atoms with van der Waals surface area (Å²) >= 11 is 0. The Morgan fingerprint density at radius 3 is 2.38 bits per heavy atom. The van der Waals surface area contributed by atoms with E-state index in [2.05, 4.69) is 10.2 Å². The van der Waals surface area contributed by atoms with Crippen LogP contribution in [0, 0.1) is 13.8 Å². The van der Waals surface area contributed by atoms with Crippen LogP contribution in [0.25, 0.3) is 16.6 Å². The third kappa shape index (κ3) is 3.59. The highest BCUT2D eigenvalue weighted by Crippen LogP contribution is 2.41. The molecule has 2 aromatic carbocycles. The number of aryl methyl sites for hydroxylation is 2. The van der Waals surface area contributed by atoms with Crippen molar-refractivity contribution < 1.29 is 13.2 Å². The molecule has 0 amide bonds. The minimum absolute atomic E-state index is 0.0880. The minimum atomic E-state index is -4.40. The van der Waals surface area contributed by atoms with Gasteiger partial charge in [0.15, 0.2) is 0 Å². The Bertz CT molecular complexity index is 1380. The van der Waals surface area contributed by atoms with Crippen molar-refractivity contribution in [2.75, 3.05) is 0 Å². The smallest absolute Gasteiger partial charge is 0.265 e. The Morgan fingerprint density at radius 2 is 1.75 bits per heavy atom. The Hall–Kier alpha value is -3.42. The van der Waals surface area contributed by atoms with E-state index in [0.717, 1.165) is 52.9 Å². The Kier molecular flexibility index (Phi) is 4.69. The molecular formula is C24H21F3N4O. The number of aromatic nitrogens is 4. The van der Waals surface area contributed by atoms with Crippen molar-refractivity contribution in [3.05, 3.63) is 87.0 Å². The average Bonchev–Trinajstić information content (AvgIpc) is 3.50. The van der Waals surface area contributed by atoms with Crippen molar-refractivity contribution in [2.24, 2.45) is 0 Å². The first kappa shape index (κ1) is 20.5. The van der Waals surface area contributed by atoms with E-state index in [0.29, 0.717) is 11.1 Å². The third-order valence-corrected chi connectivity index (χ3v) is 6.02. The molecule has 0 saturated heterocycles. The lowest BCUT2D eigenvalue weighted by atomic mass is 10.1. The number of nitrogens with zero attached hydrogens (tertiary/aromatic N) is 4. The van der Waals surface area contributed by atoms with Gasteiger partial charge >= 0.3 is 6.18 Å². The van der Waals surface area contributed by atoms with E-state index in [-0.39, 0.29) is 18.0 Å². The molecule has 1 fully saturated rings. The summed E-state index contributed by atoms with van der Waals surface area (Å²) in [5, 5.41) is 9.82. The fourth-order valence-electron chi connectivity index (χ4n) is 3.88. The van der Waals surface area contributed by atoms with Gasteiger partial charge in [0.05, 0.1) is 29.7 Å². The van der Waals surface area contributed by atoms with Crippen LogP contribution in [0.3, 0.4) is 0 Å². The van der Waals surface area contributed by atoms with Crippen molar-refractivity contribution in [1.29, 1.82) is 0 Å².